The van der Waals surface area contributed by atoms with Crippen LogP contribution in [0, 0.1) is 11.6 Å². The molecule has 0 unspecified atom stereocenters. The van der Waals surface area contributed by atoms with Crippen molar-refractivity contribution in [3.63, 3.8) is 0 Å². The predicted molar refractivity (Wildman–Crippen MR) is 64.3 cm³/mol. The molecule has 100 valence electrons. The standard InChI is InChI=1S/C12H14F2O3S/c1-2-3-6-18(16,17)8-12(15)9-4-5-10(13)11(14)7-9/h4-5,7H,2-3,6,8H2,1H3. The maximum Gasteiger partial charge on any atom is 0.177 e. The highest BCUT2D eigenvalue weighted by Gasteiger charge is 2.18. The molecular weight excluding hydrogens is 262 g/mol. The van der Waals surface area contributed by atoms with Crippen molar-refractivity contribution < 1.29 is 22.0 Å². The van der Waals surface area contributed by atoms with Crippen LogP contribution in [-0.2, 0) is 9.84 Å². The first-order valence-electron chi connectivity index (χ1n) is 5.54. The van der Waals surface area contributed by atoms with E-state index >= 15 is 0 Å². The summed E-state index contributed by atoms with van der Waals surface area (Å²) in [4.78, 5) is 11.6. The third-order valence-corrected chi connectivity index (χ3v) is 4.01. The molecule has 0 amide bonds. The molecule has 0 atom stereocenters. The Labute approximate surface area is 105 Å². The van der Waals surface area contributed by atoms with Crippen molar-refractivity contribution in [3.8, 4) is 0 Å². The molecule has 0 saturated heterocycles. The lowest BCUT2D eigenvalue weighted by Crippen LogP contribution is -2.19. The van der Waals surface area contributed by atoms with Crippen molar-refractivity contribution in [2.75, 3.05) is 11.5 Å². The quantitative estimate of drug-likeness (QED) is 0.749. The predicted octanol–water partition coefficient (Wildman–Crippen LogP) is 2.36. The van der Waals surface area contributed by atoms with E-state index in [2.05, 4.69) is 0 Å². The Morgan fingerprint density at radius 1 is 1.22 bits per heavy atom. The van der Waals surface area contributed by atoms with Gasteiger partial charge in [-0.1, -0.05) is 13.3 Å². The van der Waals surface area contributed by atoms with Gasteiger partial charge in [-0.05, 0) is 24.6 Å². The number of sulfone groups is 1. The van der Waals surface area contributed by atoms with E-state index in [9.17, 15) is 22.0 Å². The normalized spacial score (nSPS) is 11.5. The van der Waals surface area contributed by atoms with Crippen LogP contribution in [0.3, 0.4) is 0 Å². The van der Waals surface area contributed by atoms with Gasteiger partial charge in [0, 0.05) is 5.56 Å². The fourth-order valence-electron chi connectivity index (χ4n) is 1.39. The van der Waals surface area contributed by atoms with Gasteiger partial charge >= 0.3 is 0 Å². The number of carbonyl (C=O) groups is 1. The van der Waals surface area contributed by atoms with E-state index in [0.717, 1.165) is 12.1 Å². The molecule has 1 aromatic rings. The Hall–Kier alpha value is -1.30. The van der Waals surface area contributed by atoms with Gasteiger partial charge in [0.25, 0.3) is 0 Å². The summed E-state index contributed by atoms with van der Waals surface area (Å²) in [5.74, 6) is -3.69. The Balaban J connectivity index is 2.79. The van der Waals surface area contributed by atoms with Gasteiger partial charge in [-0.25, -0.2) is 17.2 Å². The van der Waals surface area contributed by atoms with Crippen LogP contribution in [0.1, 0.15) is 30.1 Å². The minimum atomic E-state index is -3.48. The zero-order valence-electron chi connectivity index (χ0n) is 9.95. The summed E-state index contributed by atoms with van der Waals surface area (Å²) in [5, 5.41) is 0. The summed E-state index contributed by atoms with van der Waals surface area (Å²) in [6, 6.07) is 2.60. The third-order valence-electron chi connectivity index (χ3n) is 2.40. The first-order chi connectivity index (χ1) is 8.35. The van der Waals surface area contributed by atoms with Gasteiger partial charge < -0.3 is 0 Å². The van der Waals surface area contributed by atoms with Crippen molar-refractivity contribution in [1.82, 2.24) is 0 Å². The highest BCUT2D eigenvalue weighted by Crippen LogP contribution is 2.10. The lowest BCUT2D eigenvalue weighted by molar-refractivity contribution is 0.102. The number of hydrogen-bond acceptors (Lipinski definition) is 3. The second-order valence-corrected chi connectivity index (χ2v) is 6.18. The molecule has 6 heteroatoms. The molecule has 0 fully saturated rings. The zero-order valence-corrected chi connectivity index (χ0v) is 10.8. The first kappa shape index (κ1) is 14.8. The number of halogens is 2. The first-order valence-corrected chi connectivity index (χ1v) is 7.36. The van der Waals surface area contributed by atoms with Crippen molar-refractivity contribution >= 4 is 15.6 Å². The molecular formula is C12H14F2O3S. The lowest BCUT2D eigenvalue weighted by atomic mass is 10.1. The summed E-state index contributed by atoms with van der Waals surface area (Å²) in [7, 11) is -3.48. The van der Waals surface area contributed by atoms with Crippen LogP contribution in [0.5, 0.6) is 0 Å². The molecule has 3 nitrogen and oxygen atoms in total. The van der Waals surface area contributed by atoms with Crippen LogP contribution in [0.15, 0.2) is 18.2 Å². The minimum absolute atomic E-state index is 0.0705. The molecule has 0 spiro atoms. The molecule has 1 rings (SSSR count). The van der Waals surface area contributed by atoms with Gasteiger partial charge in [0.1, 0.15) is 5.75 Å². The number of rotatable bonds is 6. The SMILES string of the molecule is CCCCS(=O)(=O)CC(=O)c1ccc(F)c(F)c1. The number of benzene rings is 1. The van der Waals surface area contributed by atoms with E-state index < -0.39 is 33.0 Å². The van der Waals surface area contributed by atoms with E-state index in [-0.39, 0.29) is 11.3 Å². The monoisotopic (exact) mass is 276 g/mol. The van der Waals surface area contributed by atoms with Crippen LogP contribution in [0.25, 0.3) is 0 Å². The van der Waals surface area contributed by atoms with E-state index in [1.807, 2.05) is 6.92 Å². The zero-order chi connectivity index (χ0) is 13.8. The average Bonchev–Trinajstić information content (AvgIpc) is 2.29. The smallest absolute Gasteiger partial charge is 0.177 e. The minimum Gasteiger partial charge on any atom is -0.293 e. The number of unbranched alkanes of at least 4 members (excludes halogenated alkanes) is 1. The molecule has 0 N–H and O–H groups in total. The van der Waals surface area contributed by atoms with Crippen LogP contribution in [-0.4, -0.2) is 25.7 Å². The molecule has 0 heterocycles. The van der Waals surface area contributed by atoms with E-state index in [4.69, 9.17) is 0 Å². The average molecular weight is 276 g/mol. The van der Waals surface area contributed by atoms with Crippen LogP contribution >= 0.6 is 0 Å². The van der Waals surface area contributed by atoms with Gasteiger partial charge in [-0.2, -0.15) is 0 Å². The molecule has 0 saturated carbocycles. The Morgan fingerprint density at radius 3 is 2.44 bits per heavy atom. The Kier molecular flexibility index (Phi) is 4.95. The lowest BCUT2D eigenvalue weighted by Gasteiger charge is -2.03. The van der Waals surface area contributed by atoms with Crippen molar-refractivity contribution in [1.29, 1.82) is 0 Å². The summed E-state index contributed by atoms with van der Waals surface area (Å²) < 4.78 is 48.6. The van der Waals surface area contributed by atoms with Crippen LogP contribution in [0.2, 0.25) is 0 Å². The Morgan fingerprint density at radius 2 is 1.89 bits per heavy atom. The van der Waals surface area contributed by atoms with E-state index in [0.29, 0.717) is 18.9 Å². The molecule has 0 aliphatic rings. The molecule has 0 aliphatic heterocycles. The molecule has 0 aliphatic carbocycles. The van der Waals surface area contributed by atoms with Gasteiger partial charge in [-0.15, -0.1) is 0 Å². The fourth-order valence-corrected chi connectivity index (χ4v) is 2.83. The number of ketones is 1. The number of hydrogen-bond donors (Lipinski definition) is 0. The van der Waals surface area contributed by atoms with Gasteiger partial charge in [0.2, 0.25) is 0 Å². The third kappa shape index (κ3) is 4.18. The molecule has 0 aromatic heterocycles. The largest absolute Gasteiger partial charge is 0.293 e. The topological polar surface area (TPSA) is 51.2 Å². The molecule has 0 bridgehead atoms. The summed E-state index contributed by atoms with van der Waals surface area (Å²) >= 11 is 0. The van der Waals surface area contributed by atoms with Crippen LogP contribution < -0.4 is 0 Å². The highest BCUT2D eigenvalue weighted by atomic mass is 32.2. The summed E-state index contributed by atoms with van der Waals surface area (Å²) in [6.07, 6.45) is 1.19. The van der Waals surface area contributed by atoms with Crippen molar-refractivity contribution in [2.45, 2.75) is 19.8 Å². The van der Waals surface area contributed by atoms with Crippen molar-refractivity contribution in [3.05, 3.63) is 35.4 Å². The van der Waals surface area contributed by atoms with Gasteiger partial charge in [-0.3, -0.25) is 4.79 Å². The van der Waals surface area contributed by atoms with Crippen molar-refractivity contribution in [2.24, 2.45) is 0 Å². The van der Waals surface area contributed by atoms with E-state index in [1.165, 1.54) is 0 Å². The maximum absolute atomic E-state index is 12.9. The molecule has 18 heavy (non-hydrogen) atoms. The van der Waals surface area contributed by atoms with E-state index in [1.54, 1.807) is 0 Å². The summed E-state index contributed by atoms with van der Waals surface area (Å²) in [6.45, 7) is 1.84. The molecule has 1 aromatic carbocycles. The maximum atomic E-state index is 12.9. The molecule has 0 radical (unpaired) electrons. The fraction of sp³-hybridized carbons (Fsp3) is 0.417. The highest BCUT2D eigenvalue weighted by molar-refractivity contribution is 7.92. The van der Waals surface area contributed by atoms with Gasteiger partial charge in [0.05, 0.1) is 5.75 Å². The second-order valence-electron chi connectivity index (χ2n) is 4.00. The van der Waals surface area contributed by atoms with Gasteiger partial charge in [0.15, 0.2) is 27.3 Å². The Bertz CT molecular complexity index is 538. The second kappa shape index (κ2) is 6.04. The summed E-state index contributed by atoms with van der Waals surface area (Å²) in [5.41, 5.74) is -0.131. The number of carbonyl (C=O) groups excluding carboxylic acids is 1. The van der Waals surface area contributed by atoms with Crippen LogP contribution in [0.4, 0.5) is 8.78 Å². The number of Topliss-reactive ketones (excluding diaryl/α,β-unsaturated/α-hetero) is 1.